The average molecular weight is 456 g/mol. The maximum absolute atomic E-state index is 13.4. The zero-order valence-electron chi connectivity index (χ0n) is 19.0. The number of ether oxygens (including phenoxy) is 3. The first-order chi connectivity index (χ1) is 16.6. The number of para-hydroxylation sites is 1. The molecule has 1 amide bonds. The SMILES string of the molecule is COc1ccc(Nc2cc(C(=O)N[C@H](C)c3ccc4c(c3)OCCO4)c3ccccc3n2)cc1. The molecule has 7 heteroatoms. The largest absolute Gasteiger partial charge is 0.497 e. The molecule has 34 heavy (non-hydrogen) atoms. The number of methoxy groups -OCH3 is 1. The van der Waals surface area contributed by atoms with Crippen LogP contribution >= 0.6 is 0 Å². The monoisotopic (exact) mass is 455 g/mol. The van der Waals surface area contributed by atoms with Crippen molar-refractivity contribution >= 4 is 28.3 Å². The summed E-state index contributed by atoms with van der Waals surface area (Å²) in [6, 6.07) is 22.4. The highest BCUT2D eigenvalue weighted by atomic mass is 16.6. The normalized spacial score (nSPS) is 13.2. The minimum Gasteiger partial charge on any atom is -0.497 e. The van der Waals surface area contributed by atoms with Crippen LogP contribution in [0, 0.1) is 0 Å². The third-order valence-electron chi connectivity index (χ3n) is 5.74. The number of hydrogen-bond donors (Lipinski definition) is 2. The van der Waals surface area contributed by atoms with Gasteiger partial charge < -0.3 is 24.8 Å². The van der Waals surface area contributed by atoms with E-state index in [9.17, 15) is 4.79 Å². The predicted molar refractivity (Wildman–Crippen MR) is 131 cm³/mol. The summed E-state index contributed by atoms with van der Waals surface area (Å²) in [5.74, 6) is 2.60. The molecule has 0 saturated heterocycles. The number of nitrogens with one attached hydrogen (secondary N) is 2. The van der Waals surface area contributed by atoms with E-state index in [1.807, 2.05) is 73.7 Å². The van der Waals surface area contributed by atoms with Crippen molar-refractivity contribution in [2.75, 3.05) is 25.6 Å². The highest BCUT2D eigenvalue weighted by molar-refractivity contribution is 6.07. The number of nitrogens with zero attached hydrogens (tertiary/aromatic N) is 1. The molecule has 1 atom stereocenters. The van der Waals surface area contributed by atoms with Crippen LogP contribution in [0.2, 0.25) is 0 Å². The molecular weight excluding hydrogens is 430 g/mol. The lowest BCUT2D eigenvalue weighted by atomic mass is 10.0. The number of aromatic nitrogens is 1. The Morgan fingerprint density at radius 2 is 1.74 bits per heavy atom. The molecule has 0 fully saturated rings. The Morgan fingerprint density at radius 3 is 2.53 bits per heavy atom. The molecule has 0 aliphatic carbocycles. The minimum atomic E-state index is -0.228. The first kappa shape index (κ1) is 21.6. The topological polar surface area (TPSA) is 81.7 Å². The van der Waals surface area contributed by atoms with Crippen LogP contribution in [-0.2, 0) is 0 Å². The van der Waals surface area contributed by atoms with Crippen molar-refractivity contribution in [3.05, 3.63) is 83.9 Å². The third-order valence-corrected chi connectivity index (χ3v) is 5.74. The molecule has 5 rings (SSSR count). The number of anilines is 2. The van der Waals surface area contributed by atoms with E-state index in [-0.39, 0.29) is 11.9 Å². The fraction of sp³-hybridized carbons (Fsp3) is 0.185. The van der Waals surface area contributed by atoms with Crippen molar-refractivity contribution in [3.63, 3.8) is 0 Å². The van der Waals surface area contributed by atoms with Crippen LogP contribution in [0.15, 0.2) is 72.8 Å². The molecule has 2 heterocycles. The van der Waals surface area contributed by atoms with E-state index in [0.29, 0.717) is 30.3 Å². The van der Waals surface area contributed by atoms with Gasteiger partial charge in [-0.15, -0.1) is 0 Å². The van der Waals surface area contributed by atoms with Crippen molar-refractivity contribution in [1.29, 1.82) is 0 Å². The lowest BCUT2D eigenvalue weighted by Gasteiger charge is -2.21. The Balaban J connectivity index is 1.41. The summed E-state index contributed by atoms with van der Waals surface area (Å²) in [7, 11) is 1.63. The number of carbonyl (C=O) groups excluding carboxylic acids is 1. The molecule has 7 nitrogen and oxygen atoms in total. The zero-order chi connectivity index (χ0) is 23.5. The molecule has 0 spiro atoms. The Kier molecular flexibility index (Phi) is 5.91. The van der Waals surface area contributed by atoms with E-state index in [0.717, 1.165) is 33.7 Å². The van der Waals surface area contributed by atoms with Crippen molar-refractivity contribution in [1.82, 2.24) is 10.3 Å². The van der Waals surface area contributed by atoms with Crippen molar-refractivity contribution in [3.8, 4) is 17.2 Å². The second kappa shape index (κ2) is 9.31. The fourth-order valence-electron chi connectivity index (χ4n) is 3.94. The molecule has 0 radical (unpaired) electrons. The molecule has 1 aromatic heterocycles. The lowest BCUT2D eigenvalue weighted by Crippen LogP contribution is -2.27. The fourth-order valence-corrected chi connectivity index (χ4v) is 3.94. The highest BCUT2D eigenvalue weighted by Gasteiger charge is 2.19. The molecule has 1 aliphatic heterocycles. The van der Waals surface area contributed by atoms with E-state index in [1.54, 1.807) is 13.2 Å². The number of hydrogen-bond acceptors (Lipinski definition) is 6. The summed E-state index contributed by atoms with van der Waals surface area (Å²) < 4.78 is 16.5. The van der Waals surface area contributed by atoms with Gasteiger partial charge in [-0.1, -0.05) is 24.3 Å². The number of benzene rings is 3. The Morgan fingerprint density at radius 1 is 0.971 bits per heavy atom. The summed E-state index contributed by atoms with van der Waals surface area (Å²) in [6.45, 7) is 3.01. The van der Waals surface area contributed by atoms with Gasteiger partial charge in [-0.25, -0.2) is 4.98 Å². The maximum Gasteiger partial charge on any atom is 0.252 e. The van der Waals surface area contributed by atoms with Gasteiger partial charge in [0.15, 0.2) is 11.5 Å². The van der Waals surface area contributed by atoms with Gasteiger partial charge in [0.05, 0.1) is 24.2 Å². The molecule has 2 N–H and O–H groups in total. The predicted octanol–water partition coefficient (Wildman–Crippen LogP) is 5.25. The quantitative estimate of drug-likeness (QED) is 0.413. The second-order valence-corrected chi connectivity index (χ2v) is 8.02. The van der Waals surface area contributed by atoms with Crippen LogP contribution in [0.4, 0.5) is 11.5 Å². The Labute approximate surface area is 197 Å². The van der Waals surface area contributed by atoms with Gasteiger partial charge in [0.1, 0.15) is 24.8 Å². The summed E-state index contributed by atoms with van der Waals surface area (Å²) in [5, 5.41) is 7.18. The number of amides is 1. The number of carbonyl (C=O) groups is 1. The summed E-state index contributed by atoms with van der Waals surface area (Å²) in [6.07, 6.45) is 0. The average Bonchev–Trinajstić information content (AvgIpc) is 2.88. The van der Waals surface area contributed by atoms with Gasteiger partial charge in [0, 0.05) is 11.1 Å². The molecular formula is C27H25N3O4. The first-order valence-electron chi connectivity index (χ1n) is 11.1. The molecule has 0 saturated carbocycles. The third kappa shape index (κ3) is 4.45. The molecule has 3 aromatic carbocycles. The number of rotatable bonds is 6. The maximum atomic E-state index is 13.4. The Bertz CT molecular complexity index is 1340. The molecule has 1 aliphatic rings. The van der Waals surface area contributed by atoms with Crippen LogP contribution < -0.4 is 24.8 Å². The lowest BCUT2D eigenvalue weighted by molar-refractivity contribution is 0.0941. The molecule has 0 unspecified atom stereocenters. The number of pyridine rings is 1. The van der Waals surface area contributed by atoms with Crippen LogP contribution in [0.3, 0.4) is 0 Å². The van der Waals surface area contributed by atoms with Gasteiger partial charge >= 0.3 is 0 Å². The van der Waals surface area contributed by atoms with Crippen molar-refractivity contribution in [2.45, 2.75) is 13.0 Å². The van der Waals surface area contributed by atoms with Crippen molar-refractivity contribution in [2.24, 2.45) is 0 Å². The van der Waals surface area contributed by atoms with Crippen LogP contribution in [0.5, 0.6) is 17.2 Å². The summed E-state index contributed by atoms with van der Waals surface area (Å²) in [5.41, 5.74) is 3.07. The van der Waals surface area contributed by atoms with Gasteiger partial charge in [-0.3, -0.25) is 4.79 Å². The second-order valence-electron chi connectivity index (χ2n) is 8.02. The van der Waals surface area contributed by atoms with E-state index in [1.165, 1.54) is 0 Å². The molecule has 0 bridgehead atoms. The summed E-state index contributed by atoms with van der Waals surface area (Å²) >= 11 is 0. The zero-order valence-corrected chi connectivity index (χ0v) is 19.0. The molecule has 4 aromatic rings. The van der Waals surface area contributed by atoms with E-state index < -0.39 is 0 Å². The first-order valence-corrected chi connectivity index (χ1v) is 11.1. The van der Waals surface area contributed by atoms with Gasteiger partial charge in [-0.2, -0.15) is 0 Å². The van der Waals surface area contributed by atoms with Crippen LogP contribution in [0.25, 0.3) is 10.9 Å². The van der Waals surface area contributed by atoms with Crippen LogP contribution in [0.1, 0.15) is 28.9 Å². The van der Waals surface area contributed by atoms with Gasteiger partial charge in [0.2, 0.25) is 0 Å². The standard InChI is InChI=1S/C27H25N3O4/c1-17(18-7-12-24-25(15-18)34-14-13-33-24)28-27(31)22-16-26(30-23-6-4-3-5-21(22)23)29-19-8-10-20(32-2)11-9-19/h3-12,15-17H,13-14H2,1-2H3,(H,28,31)(H,29,30)/t17-/m1/s1. The summed E-state index contributed by atoms with van der Waals surface area (Å²) in [4.78, 5) is 18.1. The van der Waals surface area contributed by atoms with Crippen LogP contribution in [-0.4, -0.2) is 31.2 Å². The minimum absolute atomic E-state index is 0.182. The van der Waals surface area contributed by atoms with Gasteiger partial charge in [-0.05, 0) is 61.0 Å². The number of fused-ring (bicyclic) bond motifs is 2. The van der Waals surface area contributed by atoms with E-state index in [4.69, 9.17) is 14.2 Å². The van der Waals surface area contributed by atoms with Crippen molar-refractivity contribution < 1.29 is 19.0 Å². The highest BCUT2D eigenvalue weighted by Crippen LogP contribution is 2.33. The van der Waals surface area contributed by atoms with E-state index >= 15 is 0 Å². The Hall–Kier alpha value is -4.26. The van der Waals surface area contributed by atoms with E-state index in [2.05, 4.69) is 15.6 Å². The van der Waals surface area contributed by atoms with Gasteiger partial charge in [0.25, 0.3) is 5.91 Å². The smallest absolute Gasteiger partial charge is 0.252 e. The molecule has 172 valence electrons.